The van der Waals surface area contributed by atoms with E-state index in [-0.39, 0.29) is 5.82 Å². The van der Waals surface area contributed by atoms with Crippen LogP contribution >= 0.6 is 0 Å². The Balaban J connectivity index is 2.86. The van der Waals surface area contributed by atoms with Gasteiger partial charge in [0, 0.05) is 12.3 Å². The molecule has 0 fully saturated rings. The van der Waals surface area contributed by atoms with Gasteiger partial charge < -0.3 is 10.7 Å². The minimum atomic E-state index is -0.486. The summed E-state index contributed by atoms with van der Waals surface area (Å²) in [7, 11) is 0. The van der Waals surface area contributed by atoms with Crippen molar-refractivity contribution in [2.75, 3.05) is 5.73 Å². The van der Waals surface area contributed by atoms with Gasteiger partial charge in [0.05, 0.1) is 11.0 Å². The van der Waals surface area contributed by atoms with Crippen LogP contribution in [0.15, 0.2) is 18.3 Å². The van der Waals surface area contributed by atoms with E-state index in [2.05, 4.69) is 9.97 Å². The fourth-order valence-electron chi connectivity index (χ4n) is 0.971. The van der Waals surface area contributed by atoms with Crippen LogP contribution in [0, 0.1) is 5.82 Å². The average Bonchev–Trinajstić information content (AvgIpc) is 2.36. The van der Waals surface area contributed by atoms with Gasteiger partial charge in [-0.2, -0.15) is 0 Å². The zero-order valence-corrected chi connectivity index (χ0v) is 5.63. The third kappa shape index (κ3) is 0.832. The van der Waals surface area contributed by atoms with Gasteiger partial charge in [-0.25, -0.2) is 9.37 Å². The number of pyridine rings is 1. The lowest BCUT2D eigenvalue weighted by molar-refractivity contribution is 0.629. The van der Waals surface area contributed by atoms with E-state index in [1.807, 2.05) is 0 Å². The molecule has 0 saturated heterocycles. The van der Waals surface area contributed by atoms with E-state index < -0.39 is 5.82 Å². The molecule has 2 aromatic heterocycles. The van der Waals surface area contributed by atoms with Crippen molar-refractivity contribution in [3.8, 4) is 0 Å². The largest absolute Gasteiger partial charge is 0.381 e. The Kier molecular flexibility index (Phi) is 1.09. The SMILES string of the molecule is Nc1nc2cc[nH]c2cc1F. The number of nitrogens with one attached hydrogen (secondary N) is 1. The van der Waals surface area contributed by atoms with Gasteiger partial charge in [0.25, 0.3) is 0 Å². The van der Waals surface area contributed by atoms with E-state index in [0.29, 0.717) is 11.0 Å². The number of nitrogens with two attached hydrogens (primary N) is 1. The Morgan fingerprint density at radius 3 is 3.18 bits per heavy atom. The van der Waals surface area contributed by atoms with E-state index in [4.69, 9.17) is 5.73 Å². The molecule has 2 aromatic rings. The summed E-state index contributed by atoms with van der Waals surface area (Å²) in [5.74, 6) is -0.544. The van der Waals surface area contributed by atoms with Gasteiger partial charge in [-0.15, -0.1) is 0 Å². The van der Waals surface area contributed by atoms with Crippen molar-refractivity contribution in [2.24, 2.45) is 0 Å². The summed E-state index contributed by atoms with van der Waals surface area (Å²) in [5.41, 5.74) is 6.59. The molecule has 56 valence electrons. The zero-order valence-electron chi connectivity index (χ0n) is 5.63. The Labute approximate surface area is 62.0 Å². The number of nitrogens with zero attached hydrogens (tertiary/aromatic N) is 1. The first-order valence-electron chi connectivity index (χ1n) is 3.16. The normalized spacial score (nSPS) is 10.6. The third-order valence-electron chi connectivity index (χ3n) is 1.51. The van der Waals surface area contributed by atoms with Crippen LogP contribution < -0.4 is 5.73 Å². The predicted molar refractivity (Wildman–Crippen MR) is 40.5 cm³/mol. The lowest BCUT2D eigenvalue weighted by Crippen LogP contribution is -1.93. The Morgan fingerprint density at radius 2 is 2.36 bits per heavy atom. The lowest BCUT2D eigenvalue weighted by Gasteiger charge is -1.93. The van der Waals surface area contributed by atoms with Crippen molar-refractivity contribution in [2.45, 2.75) is 0 Å². The molecule has 11 heavy (non-hydrogen) atoms. The standard InChI is InChI=1S/C7H6FN3/c8-4-3-6-5(1-2-10-6)11-7(4)9/h1-3,10H,(H2,9,11). The highest BCUT2D eigenvalue weighted by atomic mass is 19.1. The van der Waals surface area contributed by atoms with Crippen LogP contribution in [0.4, 0.5) is 10.2 Å². The van der Waals surface area contributed by atoms with E-state index in [0.717, 1.165) is 0 Å². The molecule has 2 heterocycles. The molecule has 0 unspecified atom stereocenters. The molecule has 4 heteroatoms. The third-order valence-corrected chi connectivity index (χ3v) is 1.51. The second kappa shape index (κ2) is 1.95. The maximum Gasteiger partial charge on any atom is 0.167 e. The number of aromatic amines is 1. The monoisotopic (exact) mass is 151 g/mol. The number of fused-ring (bicyclic) bond motifs is 1. The van der Waals surface area contributed by atoms with Crippen LogP contribution in [0.3, 0.4) is 0 Å². The molecule has 0 aliphatic rings. The molecular formula is C7H6FN3. The molecule has 2 rings (SSSR count). The quantitative estimate of drug-likeness (QED) is 0.596. The summed E-state index contributed by atoms with van der Waals surface area (Å²) in [6.07, 6.45) is 1.69. The predicted octanol–water partition coefficient (Wildman–Crippen LogP) is 1.28. The Bertz CT molecular complexity index is 357. The fraction of sp³-hybridized carbons (Fsp3) is 0. The maximum absolute atomic E-state index is 12.7. The Hall–Kier alpha value is -1.58. The van der Waals surface area contributed by atoms with Gasteiger partial charge in [-0.05, 0) is 6.07 Å². The summed E-state index contributed by atoms with van der Waals surface area (Å²) >= 11 is 0. The van der Waals surface area contributed by atoms with Crippen LogP contribution in [0.1, 0.15) is 0 Å². The minimum absolute atomic E-state index is 0.0582. The minimum Gasteiger partial charge on any atom is -0.381 e. The van der Waals surface area contributed by atoms with Gasteiger partial charge in [0.2, 0.25) is 0 Å². The van der Waals surface area contributed by atoms with Gasteiger partial charge >= 0.3 is 0 Å². The van der Waals surface area contributed by atoms with Crippen LogP contribution in [0.2, 0.25) is 0 Å². The van der Waals surface area contributed by atoms with Crippen molar-refractivity contribution in [1.29, 1.82) is 0 Å². The molecule has 0 radical (unpaired) electrons. The molecule has 3 N–H and O–H groups in total. The number of H-pyrrole nitrogens is 1. The number of halogens is 1. The van der Waals surface area contributed by atoms with Crippen LogP contribution in [-0.2, 0) is 0 Å². The summed E-state index contributed by atoms with van der Waals surface area (Å²) in [6, 6.07) is 3.07. The molecule has 0 aliphatic carbocycles. The number of hydrogen-bond donors (Lipinski definition) is 2. The number of hydrogen-bond acceptors (Lipinski definition) is 2. The van der Waals surface area contributed by atoms with Gasteiger partial charge in [-0.1, -0.05) is 0 Å². The average molecular weight is 151 g/mol. The second-order valence-electron chi connectivity index (χ2n) is 2.27. The molecular weight excluding hydrogens is 145 g/mol. The molecule has 0 aliphatic heterocycles. The molecule has 0 saturated carbocycles. The molecule has 0 spiro atoms. The zero-order chi connectivity index (χ0) is 7.84. The maximum atomic E-state index is 12.7. The fourth-order valence-corrected chi connectivity index (χ4v) is 0.971. The summed E-state index contributed by atoms with van der Waals surface area (Å²) in [5, 5.41) is 0. The summed E-state index contributed by atoms with van der Waals surface area (Å²) < 4.78 is 12.7. The van der Waals surface area contributed by atoms with E-state index in [1.54, 1.807) is 12.3 Å². The first kappa shape index (κ1) is 6.15. The van der Waals surface area contributed by atoms with Crippen LogP contribution in [0.25, 0.3) is 11.0 Å². The van der Waals surface area contributed by atoms with Crippen molar-refractivity contribution >= 4 is 16.9 Å². The smallest absolute Gasteiger partial charge is 0.167 e. The Morgan fingerprint density at radius 1 is 1.55 bits per heavy atom. The number of aromatic nitrogens is 2. The van der Waals surface area contributed by atoms with Gasteiger partial charge in [0.15, 0.2) is 11.6 Å². The topological polar surface area (TPSA) is 54.7 Å². The highest BCUT2D eigenvalue weighted by molar-refractivity contribution is 5.76. The van der Waals surface area contributed by atoms with Gasteiger partial charge in [0.1, 0.15) is 0 Å². The van der Waals surface area contributed by atoms with E-state index >= 15 is 0 Å². The lowest BCUT2D eigenvalue weighted by atomic mass is 10.3. The number of rotatable bonds is 0. The van der Waals surface area contributed by atoms with Crippen molar-refractivity contribution in [3.63, 3.8) is 0 Å². The first-order chi connectivity index (χ1) is 5.27. The van der Waals surface area contributed by atoms with Crippen molar-refractivity contribution in [3.05, 3.63) is 24.1 Å². The second-order valence-corrected chi connectivity index (χ2v) is 2.27. The van der Waals surface area contributed by atoms with E-state index in [1.165, 1.54) is 6.07 Å². The summed E-state index contributed by atoms with van der Waals surface area (Å²) in [6.45, 7) is 0. The first-order valence-corrected chi connectivity index (χ1v) is 3.16. The highest BCUT2D eigenvalue weighted by Gasteiger charge is 2.02. The number of nitrogen functional groups attached to an aromatic ring is 1. The summed E-state index contributed by atoms with van der Waals surface area (Å²) in [4.78, 5) is 6.64. The molecule has 0 amide bonds. The highest BCUT2D eigenvalue weighted by Crippen LogP contribution is 2.14. The molecule has 3 nitrogen and oxygen atoms in total. The van der Waals surface area contributed by atoms with Gasteiger partial charge in [-0.3, -0.25) is 0 Å². The number of anilines is 1. The van der Waals surface area contributed by atoms with Crippen molar-refractivity contribution in [1.82, 2.24) is 9.97 Å². The van der Waals surface area contributed by atoms with E-state index in [9.17, 15) is 4.39 Å². The van der Waals surface area contributed by atoms with Crippen LogP contribution in [0.5, 0.6) is 0 Å². The molecule has 0 bridgehead atoms. The molecule has 0 aromatic carbocycles. The molecule has 0 atom stereocenters. The van der Waals surface area contributed by atoms with Crippen LogP contribution in [-0.4, -0.2) is 9.97 Å². The van der Waals surface area contributed by atoms with Crippen molar-refractivity contribution < 1.29 is 4.39 Å².